The van der Waals surface area contributed by atoms with Crippen LogP contribution in [0, 0.1) is 6.92 Å². The molecule has 0 bridgehead atoms. The molecule has 3 N–H and O–H groups in total. The normalized spacial score (nSPS) is 25.8. The molecule has 35 heavy (non-hydrogen) atoms. The molecule has 5 heterocycles. The molecule has 2 fully saturated rings. The molecule has 0 spiro atoms. The lowest BCUT2D eigenvalue weighted by molar-refractivity contribution is -0.121. The third kappa shape index (κ3) is 4.23. The summed E-state index contributed by atoms with van der Waals surface area (Å²) in [7, 11) is 0. The zero-order valence-electron chi connectivity index (χ0n) is 19.8. The number of aromatic nitrogens is 2. The third-order valence-corrected chi connectivity index (χ3v) is 8.58. The van der Waals surface area contributed by atoms with Crippen LogP contribution >= 0.6 is 11.8 Å². The number of carbonyl (C=O) groups is 2. The van der Waals surface area contributed by atoms with Crippen molar-refractivity contribution in [2.75, 3.05) is 18.0 Å². The second-order valence-corrected chi connectivity index (χ2v) is 10.9. The van der Waals surface area contributed by atoms with E-state index in [9.17, 15) is 9.59 Å². The number of hydrogen-bond donors (Lipinski definition) is 3. The van der Waals surface area contributed by atoms with Gasteiger partial charge in [0.15, 0.2) is 0 Å². The lowest BCUT2D eigenvalue weighted by Gasteiger charge is -2.35. The van der Waals surface area contributed by atoms with Crippen LogP contribution < -0.4 is 25.6 Å². The topological polar surface area (TPSA) is 108 Å². The van der Waals surface area contributed by atoms with Gasteiger partial charge < -0.3 is 20.7 Å². The molecule has 1 saturated carbocycles. The van der Waals surface area contributed by atoms with Crippen molar-refractivity contribution in [3.8, 4) is 5.88 Å². The summed E-state index contributed by atoms with van der Waals surface area (Å²) in [4.78, 5) is 37.3. The van der Waals surface area contributed by atoms with Crippen LogP contribution in [0.2, 0.25) is 0 Å². The molecule has 0 aromatic carbocycles. The number of pyridine rings is 2. The number of thioether (sulfide) groups is 1. The molecular formula is C25H30N6O3S. The number of rotatable bonds is 5. The number of carbonyl (C=O) groups excluding carboxylic acids is 2. The van der Waals surface area contributed by atoms with E-state index in [4.69, 9.17) is 4.74 Å². The number of aryl methyl sites for hydroxylation is 1. The van der Waals surface area contributed by atoms with E-state index in [1.165, 1.54) is 24.6 Å². The Morgan fingerprint density at radius 1 is 1.20 bits per heavy atom. The Hall–Kier alpha value is -2.85. The molecule has 9 nitrogen and oxygen atoms in total. The van der Waals surface area contributed by atoms with Crippen molar-refractivity contribution >= 4 is 35.1 Å². The first-order chi connectivity index (χ1) is 17.1. The van der Waals surface area contributed by atoms with Crippen molar-refractivity contribution in [2.45, 2.75) is 73.9 Å². The first-order valence-electron chi connectivity index (χ1n) is 12.5. The van der Waals surface area contributed by atoms with Crippen LogP contribution in [0.4, 0.5) is 16.2 Å². The molecule has 2 aromatic heterocycles. The van der Waals surface area contributed by atoms with Gasteiger partial charge in [0.05, 0.1) is 23.6 Å². The second-order valence-electron chi connectivity index (χ2n) is 9.74. The highest BCUT2D eigenvalue weighted by atomic mass is 32.2. The molecule has 3 aliphatic heterocycles. The van der Waals surface area contributed by atoms with Crippen LogP contribution in [0.1, 0.15) is 55.7 Å². The lowest BCUT2D eigenvalue weighted by atomic mass is 9.99. The van der Waals surface area contributed by atoms with E-state index in [1.807, 2.05) is 19.1 Å². The molecule has 3 amide bonds. The number of ether oxygens (including phenoxy) is 1. The highest BCUT2D eigenvalue weighted by molar-refractivity contribution is 8.01. The Balaban J connectivity index is 1.26. The Morgan fingerprint density at radius 2 is 2.06 bits per heavy atom. The van der Waals surface area contributed by atoms with Crippen molar-refractivity contribution in [1.29, 1.82) is 0 Å². The van der Waals surface area contributed by atoms with Gasteiger partial charge in [0.2, 0.25) is 11.8 Å². The van der Waals surface area contributed by atoms with Crippen LogP contribution in [-0.4, -0.2) is 52.4 Å². The van der Waals surface area contributed by atoms with Gasteiger partial charge in [-0.25, -0.2) is 14.8 Å². The number of piperidine rings is 1. The largest absolute Gasteiger partial charge is 0.474 e. The van der Waals surface area contributed by atoms with Gasteiger partial charge in [-0.1, -0.05) is 11.8 Å². The van der Waals surface area contributed by atoms with Crippen LogP contribution in [0.5, 0.6) is 5.88 Å². The van der Waals surface area contributed by atoms with Crippen LogP contribution in [-0.2, 0) is 4.79 Å². The van der Waals surface area contributed by atoms with E-state index >= 15 is 0 Å². The fraction of sp³-hybridized carbons (Fsp3) is 0.520. The highest BCUT2D eigenvalue weighted by Gasteiger charge is 2.47. The number of nitrogens with one attached hydrogen (secondary N) is 3. The summed E-state index contributed by atoms with van der Waals surface area (Å²) < 4.78 is 6.05. The fourth-order valence-electron chi connectivity index (χ4n) is 5.52. The molecule has 1 aliphatic carbocycles. The minimum Gasteiger partial charge on any atom is -0.474 e. The number of hydrogen-bond acceptors (Lipinski definition) is 7. The van der Waals surface area contributed by atoms with E-state index in [2.05, 4.69) is 25.9 Å². The number of amides is 3. The van der Waals surface area contributed by atoms with E-state index < -0.39 is 11.3 Å². The van der Waals surface area contributed by atoms with Crippen molar-refractivity contribution in [1.82, 2.24) is 25.9 Å². The summed E-state index contributed by atoms with van der Waals surface area (Å²) in [5.41, 5.74) is 3.24. The monoisotopic (exact) mass is 494 g/mol. The standard InChI is InChI=1S/C25H30N6O3S/c1-14-11-19(34-16-6-2-3-7-16)28-13-18(14)31-17-8-10-27-24-20(17)21(30-25(31)33)22(35-24)23(32)29-15-5-4-9-26-12-15/h8,10-11,13,15-16,21-22,26H,2-7,9,12H2,1H3,(H,29,32)(H,30,33)/t15?,21?,22-/m1/s1. The van der Waals surface area contributed by atoms with Gasteiger partial charge in [-0.15, -0.1) is 0 Å². The van der Waals surface area contributed by atoms with Gasteiger partial charge >= 0.3 is 6.03 Å². The predicted octanol–water partition coefficient (Wildman–Crippen LogP) is 3.35. The van der Waals surface area contributed by atoms with E-state index in [-0.39, 0.29) is 24.1 Å². The molecule has 184 valence electrons. The summed E-state index contributed by atoms with van der Waals surface area (Å²) in [5.74, 6) is 0.538. The van der Waals surface area contributed by atoms with Gasteiger partial charge in [0.1, 0.15) is 16.4 Å². The SMILES string of the molecule is Cc1cc(OC2CCCC2)ncc1N1C(=O)NC2c3c1ccnc3S[C@H]2C(=O)NC1CCCNC1. The van der Waals surface area contributed by atoms with Crippen LogP contribution in [0.25, 0.3) is 0 Å². The van der Waals surface area contributed by atoms with Crippen molar-refractivity contribution in [3.63, 3.8) is 0 Å². The summed E-state index contributed by atoms with van der Waals surface area (Å²) >= 11 is 1.42. The molecule has 1 saturated heterocycles. The molecule has 0 radical (unpaired) electrons. The minimum absolute atomic E-state index is 0.0577. The van der Waals surface area contributed by atoms with Crippen molar-refractivity contribution in [2.24, 2.45) is 0 Å². The average molecular weight is 495 g/mol. The Morgan fingerprint density at radius 3 is 2.83 bits per heavy atom. The van der Waals surface area contributed by atoms with Crippen LogP contribution in [0.15, 0.2) is 29.6 Å². The zero-order chi connectivity index (χ0) is 23.9. The van der Waals surface area contributed by atoms with Gasteiger partial charge in [-0.3, -0.25) is 9.69 Å². The zero-order valence-corrected chi connectivity index (χ0v) is 20.6. The third-order valence-electron chi connectivity index (χ3n) is 7.30. The molecule has 4 aliphatic rings. The Labute approximate surface area is 208 Å². The van der Waals surface area contributed by atoms with Crippen molar-refractivity contribution < 1.29 is 14.3 Å². The summed E-state index contributed by atoms with van der Waals surface area (Å²) in [6.45, 7) is 3.72. The predicted molar refractivity (Wildman–Crippen MR) is 133 cm³/mol. The Kier molecular flexibility index (Phi) is 6.01. The van der Waals surface area contributed by atoms with E-state index in [0.29, 0.717) is 11.6 Å². The molecule has 2 aromatic rings. The second kappa shape index (κ2) is 9.31. The number of anilines is 2. The maximum Gasteiger partial charge on any atom is 0.327 e. The fourth-order valence-corrected chi connectivity index (χ4v) is 6.76. The molecule has 3 atom stereocenters. The number of nitrogens with zero attached hydrogens (tertiary/aromatic N) is 3. The Bertz CT molecular complexity index is 1150. The quantitative estimate of drug-likeness (QED) is 0.585. The molecule has 2 unspecified atom stereocenters. The highest BCUT2D eigenvalue weighted by Crippen LogP contribution is 2.50. The molecule has 6 rings (SSSR count). The smallest absolute Gasteiger partial charge is 0.327 e. The molecular weight excluding hydrogens is 464 g/mol. The lowest BCUT2D eigenvalue weighted by Crippen LogP contribution is -2.52. The average Bonchev–Trinajstić information content (AvgIpc) is 3.50. The summed E-state index contributed by atoms with van der Waals surface area (Å²) in [6, 6.07) is 3.17. The van der Waals surface area contributed by atoms with Gasteiger partial charge in [-0.05, 0) is 63.6 Å². The first kappa shape index (κ1) is 22.6. The van der Waals surface area contributed by atoms with E-state index in [0.717, 1.165) is 60.6 Å². The van der Waals surface area contributed by atoms with E-state index in [1.54, 1.807) is 17.3 Å². The summed E-state index contributed by atoms with van der Waals surface area (Å²) in [5, 5.41) is 9.91. The van der Waals surface area contributed by atoms with Crippen LogP contribution in [0.3, 0.4) is 0 Å². The van der Waals surface area contributed by atoms with Gasteiger partial charge in [-0.2, -0.15) is 0 Å². The maximum absolute atomic E-state index is 13.4. The minimum atomic E-state index is -0.451. The first-order valence-corrected chi connectivity index (χ1v) is 13.4. The van der Waals surface area contributed by atoms with Gasteiger partial charge in [0.25, 0.3) is 0 Å². The van der Waals surface area contributed by atoms with Gasteiger partial charge in [0, 0.05) is 30.4 Å². The van der Waals surface area contributed by atoms with Crippen molar-refractivity contribution in [3.05, 3.63) is 35.7 Å². The molecule has 10 heteroatoms. The summed E-state index contributed by atoms with van der Waals surface area (Å²) in [6.07, 6.45) is 10.1. The number of urea groups is 1. The maximum atomic E-state index is 13.4.